The number of hydrogen-bond acceptors (Lipinski definition) is 1. The minimum atomic E-state index is -0.514. The molecule has 0 saturated heterocycles. The van der Waals surface area contributed by atoms with Crippen molar-refractivity contribution in [2.75, 3.05) is 6.54 Å². The van der Waals surface area contributed by atoms with Gasteiger partial charge in [0.1, 0.15) is 11.6 Å². The highest BCUT2D eigenvalue weighted by atomic mass is 19.1. The van der Waals surface area contributed by atoms with E-state index in [1.165, 1.54) is 50.7 Å². The van der Waals surface area contributed by atoms with Crippen LogP contribution in [0.5, 0.6) is 0 Å². The van der Waals surface area contributed by atoms with Gasteiger partial charge in [0.2, 0.25) is 0 Å². The minimum Gasteiger partial charge on any atom is -0.312 e. The summed E-state index contributed by atoms with van der Waals surface area (Å²) >= 11 is 0. The van der Waals surface area contributed by atoms with Gasteiger partial charge in [-0.05, 0) is 31.4 Å². The lowest BCUT2D eigenvalue weighted by Crippen LogP contribution is -2.22. The maximum Gasteiger partial charge on any atom is 0.130 e. The second kappa shape index (κ2) is 6.83. The van der Waals surface area contributed by atoms with Crippen LogP contribution in [0.15, 0.2) is 18.2 Å². The molecule has 3 heteroatoms. The van der Waals surface area contributed by atoms with Gasteiger partial charge in [-0.3, -0.25) is 0 Å². The van der Waals surface area contributed by atoms with Crippen LogP contribution in [0.1, 0.15) is 44.1 Å². The molecule has 0 aromatic heterocycles. The third-order valence-corrected chi connectivity index (χ3v) is 3.74. The van der Waals surface area contributed by atoms with Gasteiger partial charge in [0, 0.05) is 18.2 Å². The van der Waals surface area contributed by atoms with Gasteiger partial charge in [0.25, 0.3) is 0 Å². The first-order valence-electron chi connectivity index (χ1n) is 6.90. The van der Waals surface area contributed by atoms with Crippen LogP contribution in [0.2, 0.25) is 0 Å². The molecule has 0 aliphatic heterocycles. The van der Waals surface area contributed by atoms with Crippen LogP contribution < -0.4 is 5.32 Å². The van der Waals surface area contributed by atoms with E-state index in [1.807, 2.05) is 0 Å². The third kappa shape index (κ3) is 4.05. The number of rotatable bonds is 4. The molecule has 1 nitrogen and oxygen atoms in total. The lowest BCUT2D eigenvalue weighted by molar-refractivity contribution is 0.422. The molecule has 1 aromatic carbocycles. The number of halogens is 2. The summed E-state index contributed by atoms with van der Waals surface area (Å²) in [6, 6.07) is 3.78. The van der Waals surface area contributed by atoms with Crippen molar-refractivity contribution >= 4 is 0 Å². The van der Waals surface area contributed by atoms with Gasteiger partial charge in [0.05, 0.1) is 0 Å². The molecular weight excluding hydrogens is 232 g/mol. The Morgan fingerprint density at radius 2 is 1.78 bits per heavy atom. The SMILES string of the molecule is Fc1ccc(CNCC2CCCCCC2)c(F)c1. The van der Waals surface area contributed by atoms with Gasteiger partial charge in [0.15, 0.2) is 0 Å². The summed E-state index contributed by atoms with van der Waals surface area (Å²) in [6.45, 7) is 1.43. The van der Waals surface area contributed by atoms with Gasteiger partial charge < -0.3 is 5.32 Å². The van der Waals surface area contributed by atoms with E-state index < -0.39 is 11.6 Å². The quantitative estimate of drug-likeness (QED) is 0.799. The number of hydrogen-bond donors (Lipinski definition) is 1. The molecule has 0 bridgehead atoms. The van der Waals surface area contributed by atoms with Crippen LogP contribution in [0.4, 0.5) is 8.78 Å². The van der Waals surface area contributed by atoms with E-state index in [-0.39, 0.29) is 0 Å². The second-order valence-electron chi connectivity index (χ2n) is 5.22. The molecule has 0 amide bonds. The van der Waals surface area contributed by atoms with Gasteiger partial charge in [-0.1, -0.05) is 31.7 Å². The van der Waals surface area contributed by atoms with Crippen LogP contribution in [0.25, 0.3) is 0 Å². The fraction of sp³-hybridized carbons (Fsp3) is 0.600. The molecule has 2 rings (SSSR count). The molecule has 1 N–H and O–H groups in total. The Kier molecular flexibility index (Phi) is 5.12. The molecular formula is C15H21F2N. The van der Waals surface area contributed by atoms with Crippen molar-refractivity contribution in [3.05, 3.63) is 35.4 Å². The molecule has 100 valence electrons. The van der Waals surface area contributed by atoms with E-state index in [0.717, 1.165) is 18.5 Å². The Morgan fingerprint density at radius 1 is 1.06 bits per heavy atom. The zero-order valence-corrected chi connectivity index (χ0v) is 10.7. The zero-order valence-electron chi connectivity index (χ0n) is 10.7. The molecule has 1 fully saturated rings. The average Bonchev–Trinajstić information content (AvgIpc) is 2.60. The first-order chi connectivity index (χ1) is 8.75. The summed E-state index contributed by atoms with van der Waals surface area (Å²) < 4.78 is 26.1. The molecule has 1 aliphatic carbocycles. The highest BCUT2D eigenvalue weighted by Crippen LogP contribution is 2.22. The van der Waals surface area contributed by atoms with Crippen molar-refractivity contribution < 1.29 is 8.78 Å². The first kappa shape index (κ1) is 13.5. The summed E-state index contributed by atoms with van der Waals surface area (Å²) in [5.41, 5.74) is 0.546. The monoisotopic (exact) mass is 253 g/mol. The summed E-state index contributed by atoms with van der Waals surface area (Å²) in [5, 5.41) is 3.30. The van der Waals surface area contributed by atoms with Gasteiger partial charge in [-0.25, -0.2) is 8.78 Å². The van der Waals surface area contributed by atoms with E-state index >= 15 is 0 Å². The normalized spacial score (nSPS) is 17.7. The van der Waals surface area contributed by atoms with Crippen LogP contribution in [-0.2, 0) is 6.54 Å². The van der Waals surface area contributed by atoms with E-state index in [0.29, 0.717) is 12.1 Å². The average molecular weight is 253 g/mol. The molecule has 0 atom stereocenters. The van der Waals surface area contributed by atoms with Crippen molar-refractivity contribution in [1.29, 1.82) is 0 Å². The maximum atomic E-state index is 13.4. The summed E-state index contributed by atoms with van der Waals surface area (Å²) in [6.07, 6.45) is 7.89. The standard InChI is InChI=1S/C15H21F2N/c16-14-8-7-13(15(17)9-14)11-18-10-12-5-3-1-2-4-6-12/h7-9,12,18H,1-6,10-11H2. The van der Waals surface area contributed by atoms with E-state index in [2.05, 4.69) is 5.32 Å². The predicted molar refractivity (Wildman–Crippen MR) is 69.3 cm³/mol. The van der Waals surface area contributed by atoms with Crippen molar-refractivity contribution in [3.63, 3.8) is 0 Å². The lowest BCUT2D eigenvalue weighted by atomic mass is 10.0. The Labute approximate surface area is 108 Å². The molecule has 0 heterocycles. The van der Waals surface area contributed by atoms with E-state index in [9.17, 15) is 8.78 Å². The van der Waals surface area contributed by atoms with Gasteiger partial charge in [-0.2, -0.15) is 0 Å². The second-order valence-corrected chi connectivity index (χ2v) is 5.22. The Morgan fingerprint density at radius 3 is 2.44 bits per heavy atom. The topological polar surface area (TPSA) is 12.0 Å². The molecule has 18 heavy (non-hydrogen) atoms. The van der Waals surface area contributed by atoms with Crippen molar-refractivity contribution in [3.8, 4) is 0 Å². The van der Waals surface area contributed by atoms with Crippen LogP contribution in [0, 0.1) is 17.6 Å². The van der Waals surface area contributed by atoms with Crippen LogP contribution in [0.3, 0.4) is 0 Å². The van der Waals surface area contributed by atoms with Gasteiger partial charge in [-0.15, -0.1) is 0 Å². The fourth-order valence-corrected chi connectivity index (χ4v) is 2.64. The Hall–Kier alpha value is -0.960. The molecule has 0 radical (unpaired) electrons. The highest BCUT2D eigenvalue weighted by molar-refractivity contribution is 5.18. The van der Waals surface area contributed by atoms with Crippen molar-refractivity contribution in [2.45, 2.75) is 45.1 Å². The summed E-state index contributed by atoms with van der Waals surface area (Å²) in [4.78, 5) is 0. The smallest absolute Gasteiger partial charge is 0.130 e. The minimum absolute atomic E-state index is 0.455. The van der Waals surface area contributed by atoms with Crippen LogP contribution >= 0.6 is 0 Å². The highest BCUT2D eigenvalue weighted by Gasteiger charge is 2.12. The first-order valence-corrected chi connectivity index (χ1v) is 6.90. The molecule has 1 aromatic rings. The zero-order chi connectivity index (χ0) is 12.8. The van der Waals surface area contributed by atoms with Crippen molar-refractivity contribution in [2.24, 2.45) is 5.92 Å². The maximum absolute atomic E-state index is 13.4. The molecule has 0 unspecified atom stereocenters. The van der Waals surface area contributed by atoms with Crippen molar-refractivity contribution in [1.82, 2.24) is 5.32 Å². The summed E-state index contributed by atoms with van der Waals surface area (Å²) in [5.74, 6) is -0.251. The summed E-state index contributed by atoms with van der Waals surface area (Å²) in [7, 11) is 0. The number of nitrogens with one attached hydrogen (secondary N) is 1. The predicted octanol–water partition coefficient (Wildman–Crippen LogP) is 4.02. The molecule has 1 aliphatic rings. The van der Waals surface area contributed by atoms with Gasteiger partial charge >= 0.3 is 0 Å². The van der Waals surface area contributed by atoms with E-state index in [4.69, 9.17) is 0 Å². The van der Waals surface area contributed by atoms with E-state index in [1.54, 1.807) is 0 Å². The molecule has 1 saturated carbocycles. The largest absolute Gasteiger partial charge is 0.312 e. The Bertz CT molecular complexity index is 371. The third-order valence-electron chi connectivity index (χ3n) is 3.74. The number of benzene rings is 1. The fourth-order valence-electron chi connectivity index (χ4n) is 2.64. The molecule has 0 spiro atoms. The Balaban J connectivity index is 1.77. The van der Waals surface area contributed by atoms with Crippen LogP contribution in [-0.4, -0.2) is 6.54 Å². The lowest BCUT2D eigenvalue weighted by Gasteiger charge is -2.15.